The fourth-order valence-electron chi connectivity index (χ4n) is 2.63. The Balaban J connectivity index is 2.17. The smallest absolute Gasteiger partial charge is 0.328 e. The summed E-state index contributed by atoms with van der Waals surface area (Å²) in [4.78, 5) is 36.2. The van der Waals surface area contributed by atoms with Gasteiger partial charge >= 0.3 is 5.97 Å². The zero-order valence-electron chi connectivity index (χ0n) is 16.0. The molecule has 2 aromatic rings. The SMILES string of the molecule is COC(=O)[C@H](CCS(=O)(=O)c1ccccc1)NC(=O)c1ccccc1NC(C)=O. The van der Waals surface area contributed by atoms with Gasteiger partial charge in [-0.3, -0.25) is 9.59 Å². The lowest BCUT2D eigenvalue weighted by Crippen LogP contribution is -2.42. The molecular formula is C20H22N2O6S. The summed E-state index contributed by atoms with van der Waals surface area (Å²) < 4.78 is 29.6. The van der Waals surface area contributed by atoms with Crippen LogP contribution in [0.2, 0.25) is 0 Å². The van der Waals surface area contributed by atoms with Crippen LogP contribution in [0.4, 0.5) is 5.69 Å². The predicted octanol–water partition coefficient (Wildman–Crippen LogP) is 1.78. The van der Waals surface area contributed by atoms with Crippen LogP contribution in [0, 0.1) is 0 Å². The van der Waals surface area contributed by atoms with Gasteiger partial charge in [0.1, 0.15) is 6.04 Å². The summed E-state index contributed by atoms with van der Waals surface area (Å²) in [6.45, 7) is 1.31. The minimum atomic E-state index is -3.64. The summed E-state index contributed by atoms with van der Waals surface area (Å²) in [6.07, 6.45) is -0.169. The summed E-state index contributed by atoms with van der Waals surface area (Å²) in [5.74, 6) is -2.12. The van der Waals surface area contributed by atoms with Crippen LogP contribution in [0.5, 0.6) is 0 Å². The van der Waals surface area contributed by atoms with Gasteiger partial charge in [-0.25, -0.2) is 13.2 Å². The van der Waals surface area contributed by atoms with Gasteiger partial charge in [0.05, 0.1) is 29.0 Å². The van der Waals surface area contributed by atoms with Crippen LogP contribution in [0.1, 0.15) is 23.7 Å². The molecule has 2 aromatic carbocycles. The van der Waals surface area contributed by atoms with Gasteiger partial charge in [-0.1, -0.05) is 30.3 Å². The molecule has 0 aliphatic heterocycles. The Morgan fingerprint density at radius 2 is 1.62 bits per heavy atom. The summed E-state index contributed by atoms with van der Waals surface area (Å²) in [5, 5.41) is 5.03. The van der Waals surface area contributed by atoms with E-state index in [0.717, 1.165) is 7.11 Å². The summed E-state index contributed by atoms with van der Waals surface area (Å²) >= 11 is 0. The average molecular weight is 418 g/mol. The molecule has 0 aliphatic rings. The largest absolute Gasteiger partial charge is 0.467 e. The molecule has 0 saturated heterocycles. The highest BCUT2D eigenvalue weighted by molar-refractivity contribution is 7.91. The van der Waals surface area contributed by atoms with E-state index < -0.39 is 27.8 Å². The van der Waals surface area contributed by atoms with Crippen LogP contribution in [0.25, 0.3) is 0 Å². The third-order valence-electron chi connectivity index (χ3n) is 4.05. The molecule has 0 spiro atoms. The van der Waals surface area contributed by atoms with Gasteiger partial charge in [-0.15, -0.1) is 0 Å². The lowest BCUT2D eigenvalue weighted by atomic mass is 10.1. The van der Waals surface area contributed by atoms with Gasteiger partial charge in [0.15, 0.2) is 9.84 Å². The normalized spacial score (nSPS) is 11.9. The van der Waals surface area contributed by atoms with Gasteiger partial charge in [0.25, 0.3) is 5.91 Å². The van der Waals surface area contributed by atoms with E-state index in [1.807, 2.05) is 0 Å². The number of amides is 2. The molecule has 0 heterocycles. The molecular weight excluding hydrogens is 396 g/mol. The fourth-order valence-corrected chi connectivity index (χ4v) is 3.98. The maximum absolute atomic E-state index is 12.7. The lowest BCUT2D eigenvalue weighted by Gasteiger charge is -2.18. The van der Waals surface area contributed by atoms with Crippen molar-refractivity contribution in [1.82, 2.24) is 5.32 Å². The molecule has 0 unspecified atom stereocenters. The van der Waals surface area contributed by atoms with Crippen molar-refractivity contribution in [2.75, 3.05) is 18.2 Å². The van der Waals surface area contributed by atoms with Crippen LogP contribution in [-0.2, 0) is 24.2 Å². The van der Waals surface area contributed by atoms with Gasteiger partial charge < -0.3 is 15.4 Å². The number of carbonyl (C=O) groups excluding carboxylic acids is 3. The van der Waals surface area contributed by atoms with Crippen molar-refractivity contribution >= 4 is 33.3 Å². The monoisotopic (exact) mass is 418 g/mol. The predicted molar refractivity (Wildman–Crippen MR) is 107 cm³/mol. The van der Waals surface area contributed by atoms with E-state index in [9.17, 15) is 22.8 Å². The quantitative estimate of drug-likeness (QED) is 0.631. The van der Waals surface area contributed by atoms with Crippen molar-refractivity contribution in [2.24, 2.45) is 0 Å². The molecule has 9 heteroatoms. The van der Waals surface area contributed by atoms with Crippen molar-refractivity contribution in [1.29, 1.82) is 0 Å². The first-order chi connectivity index (χ1) is 13.7. The molecule has 2 amide bonds. The topological polar surface area (TPSA) is 119 Å². The fraction of sp³-hybridized carbons (Fsp3) is 0.250. The first-order valence-corrected chi connectivity index (χ1v) is 10.4. The number of nitrogens with one attached hydrogen (secondary N) is 2. The minimum absolute atomic E-state index is 0.131. The van der Waals surface area contributed by atoms with E-state index in [1.54, 1.807) is 36.4 Å². The maximum atomic E-state index is 12.7. The zero-order chi connectivity index (χ0) is 21.4. The molecule has 154 valence electrons. The van der Waals surface area contributed by atoms with Gasteiger partial charge in [0, 0.05) is 6.92 Å². The Morgan fingerprint density at radius 1 is 1.00 bits per heavy atom. The third-order valence-corrected chi connectivity index (χ3v) is 5.81. The van der Waals surface area contributed by atoms with Crippen molar-refractivity contribution in [3.63, 3.8) is 0 Å². The number of hydrogen-bond acceptors (Lipinski definition) is 6. The highest BCUT2D eigenvalue weighted by Crippen LogP contribution is 2.16. The second-order valence-electron chi connectivity index (χ2n) is 6.20. The Labute approximate surface area is 169 Å². The number of benzene rings is 2. The molecule has 29 heavy (non-hydrogen) atoms. The molecule has 0 aromatic heterocycles. The Bertz CT molecular complexity index is 989. The lowest BCUT2D eigenvalue weighted by molar-refractivity contribution is -0.142. The summed E-state index contributed by atoms with van der Waals surface area (Å²) in [5.41, 5.74) is 0.417. The number of sulfone groups is 1. The molecule has 0 fully saturated rings. The minimum Gasteiger partial charge on any atom is -0.467 e. The van der Waals surface area contributed by atoms with E-state index in [0.29, 0.717) is 0 Å². The number of ether oxygens (including phenoxy) is 1. The Hall–Kier alpha value is -3.20. The molecule has 0 aliphatic carbocycles. The highest BCUT2D eigenvalue weighted by Gasteiger charge is 2.26. The highest BCUT2D eigenvalue weighted by atomic mass is 32.2. The average Bonchev–Trinajstić information content (AvgIpc) is 2.71. The molecule has 8 nitrogen and oxygen atoms in total. The molecule has 2 N–H and O–H groups in total. The van der Waals surface area contributed by atoms with Crippen molar-refractivity contribution in [2.45, 2.75) is 24.3 Å². The Morgan fingerprint density at radius 3 is 2.24 bits per heavy atom. The van der Waals surface area contributed by atoms with E-state index >= 15 is 0 Å². The number of carbonyl (C=O) groups is 3. The Kier molecular flexibility index (Phi) is 7.49. The van der Waals surface area contributed by atoms with Crippen molar-refractivity contribution in [3.05, 3.63) is 60.2 Å². The first kappa shape index (κ1) is 22.1. The molecule has 1 atom stereocenters. The van der Waals surface area contributed by atoms with Gasteiger partial charge in [-0.2, -0.15) is 0 Å². The van der Waals surface area contributed by atoms with Crippen LogP contribution < -0.4 is 10.6 Å². The second kappa shape index (κ2) is 9.83. The van der Waals surface area contributed by atoms with Crippen molar-refractivity contribution < 1.29 is 27.5 Å². The van der Waals surface area contributed by atoms with Gasteiger partial charge in [-0.05, 0) is 30.7 Å². The molecule has 0 saturated carbocycles. The number of hydrogen-bond donors (Lipinski definition) is 2. The molecule has 2 rings (SSSR count). The van der Waals surface area contributed by atoms with Gasteiger partial charge in [0.2, 0.25) is 5.91 Å². The maximum Gasteiger partial charge on any atom is 0.328 e. The van der Waals surface area contributed by atoms with Crippen LogP contribution in [0.3, 0.4) is 0 Å². The first-order valence-electron chi connectivity index (χ1n) is 8.77. The standard InChI is InChI=1S/C20H22N2O6S/c1-14(23)21-17-11-7-6-10-16(17)19(24)22-18(20(25)28-2)12-13-29(26,27)15-8-4-3-5-9-15/h3-11,18H,12-13H2,1-2H3,(H,21,23)(H,22,24)/t18-/m0/s1. The number of anilines is 1. The van der Waals surface area contributed by atoms with E-state index in [1.165, 1.54) is 25.1 Å². The van der Waals surface area contributed by atoms with Crippen LogP contribution in [0.15, 0.2) is 59.5 Å². The molecule has 0 bridgehead atoms. The number of para-hydroxylation sites is 1. The van der Waals surface area contributed by atoms with E-state index in [4.69, 9.17) is 4.74 Å². The van der Waals surface area contributed by atoms with Crippen LogP contribution >= 0.6 is 0 Å². The number of rotatable bonds is 8. The third kappa shape index (κ3) is 6.15. The number of methoxy groups -OCH3 is 1. The van der Waals surface area contributed by atoms with Crippen molar-refractivity contribution in [3.8, 4) is 0 Å². The summed E-state index contributed by atoms with van der Waals surface area (Å²) in [7, 11) is -2.49. The van der Waals surface area contributed by atoms with E-state index in [2.05, 4.69) is 10.6 Å². The molecule has 0 radical (unpaired) electrons. The zero-order valence-corrected chi connectivity index (χ0v) is 16.9. The second-order valence-corrected chi connectivity index (χ2v) is 8.31. The number of esters is 1. The summed E-state index contributed by atoms with van der Waals surface area (Å²) in [6, 6.07) is 12.9. The van der Waals surface area contributed by atoms with Crippen LogP contribution in [-0.4, -0.2) is 45.1 Å². The van der Waals surface area contributed by atoms with E-state index in [-0.39, 0.29) is 34.2 Å².